The van der Waals surface area contributed by atoms with Crippen molar-refractivity contribution in [3.05, 3.63) is 42.6 Å². The van der Waals surface area contributed by atoms with Gasteiger partial charge in [0, 0.05) is 36.1 Å². The molecule has 2 aliphatic carbocycles. The van der Waals surface area contributed by atoms with Crippen molar-refractivity contribution < 1.29 is 37.0 Å². The van der Waals surface area contributed by atoms with E-state index >= 15 is 0 Å². The summed E-state index contributed by atoms with van der Waals surface area (Å²) in [5, 5.41) is 4.41. The third-order valence-electron chi connectivity index (χ3n) is 10.7. The molecule has 2 aromatic rings. The molecular formula is C35H48ClN5O8S. The molecule has 15 heteroatoms. The summed E-state index contributed by atoms with van der Waals surface area (Å²) < 4.78 is 44.8. The van der Waals surface area contributed by atoms with Crippen LogP contribution in [0.4, 0.5) is 0 Å². The molecule has 0 bridgehead atoms. The number of aromatic nitrogens is 1. The van der Waals surface area contributed by atoms with E-state index in [1.807, 2.05) is 36.4 Å². The van der Waals surface area contributed by atoms with Crippen LogP contribution < -0.4 is 25.2 Å². The molecule has 1 unspecified atom stereocenters. The van der Waals surface area contributed by atoms with E-state index in [2.05, 4.69) is 21.9 Å². The molecule has 4 N–H and O–H groups in total. The van der Waals surface area contributed by atoms with E-state index in [0.717, 1.165) is 11.8 Å². The van der Waals surface area contributed by atoms with Gasteiger partial charge in [-0.15, -0.1) is 12.4 Å². The van der Waals surface area contributed by atoms with Crippen molar-refractivity contribution in [1.29, 1.82) is 0 Å². The number of allylic oxidation sites excluding steroid dienone is 1. The summed E-state index contributed by atoms with van der Waals surface area (Å²) in [6.45, 7) is 4.03. The second kappa shape index (κ2) is 14.6. The van der Waals surface area contributed by atoms with Crippen LogP contribution in [0.3, 0.4) is 0 Å². The molecule has 2 saturated carbocycles. The van der Waals surface area contributed by atoms with Gasteiger partial charge in [-0.05, 0) is 57.4 Å². The molecule has 0 radical (unpaired) electrons. The zero-order chi connectivity index (χ0) is 35.1. The number of amides is 3. The van der Waals surface area contributed by atoms with Gasteiger partial charge < -0.3 is 30.2 Å². The minimum absolute atomic E-state index is 0. The molecular weight excluding hydrogens is 686 g/mol. The number of benzene rings is 1. The molecule has 3 heterocycles. The first kappa shape index (κ1) is 37.8. The monoisotopic (exact) mass is 733 g/mol. The van der Waals surface area contributed by atoms with Crippen molar-refractivity contribution in [2.45, 2.75) is 87.3 Å². The van der Waals surface area contributed by atoms with Crippen LogP contribution in [-0.4, -0.2) is 91.9 Å². The summed E-state index contributed by atoms with van der Waals surface area (Å²) in [5.41, 5.74) is 5.20. The molecule has 3 fully saturated rings. The molecule has 1 saturated heterocycles. The molecule has 13 nitrogen and oxygen atoms in total. The zero-order valence-electron chi connectivity index (χ0n) is 28.9. The Bertz CT molecular complexity index is 1750. The summed E-state index contributed by atoms with van der Waals surface area (Å²) in [4.78, 5) is 48.1. The maximum Gasteiger partial charge on any atom is 0.259 e. The van der Waals surface area contributed by atoms with Gasteiger partial charge in [0.15, 0.2) is 0 Å². The van der Waals surface area contributed by atoms with Gasteiger partial charge in [0.2, 0.25) is 27.7 Å². The number of sulfonamides is 1. The van der Waals surface area contributed by atoms with Gasteiger partial charge in [0.25, 0.3) is 5.91 Å². The molecule has 1 aromatic heterocycles. The summed E-state index contributed by atoms with van der Waals surface area (Å²) >= 11 is 0. The number of nitrogens with zero attached hydrogens (tertiary/aromatic N) is 2. The van der Waals surface area contributed by atoms with Crippen LogP contribution >= 0.6 is 12.4 Å². The second-order valence-corrected chi connectivity index (χ2v) is 16.6. The molecule has 50 heavy (non-hydrogen) atoms. The van der Waals surface area contributed by atoms with Crippen LogP contribution in [0, 0.1) is 17.8 Å². The van der Waals surface area contributed by atoms with Crippen molar-refractivity contribution in [3.63, 3.8) is 0 Å². The van der Waals surface area contributed by atoms with Crippen molar-refractivity contribution in [2.75, 3.05) is 27.4 Å². The number of hydrogen-bond donors (Lipinski definition) is 3. The van der Waals surface area contributed by atoms with E-state index in [1.165, 1.54) is 4.90 Å². The molecule has 0 spiro atoms. The fourth-order valence-electron chi connectivity index (χ4n) is 7.20. The first-order valence-corrected chi connectivity index (χ1v) is 18.5. The normalized spacial score (nSPS) is 30.9. The maximum atomic E-state index is 14.2. The maximum absolute atomic E-state index is 14.2. The van der Waals surface area contributed by atoms with E-state index in [0.29, 0.717) is 42.7 Å². The summed E-state index contributed by atoms with van der Waals surface area (Å²) in [7, 11) is -0.819. The Morgan fingerprint density at radius 3 is 2.56 bits per heavy atom. The Hall–Kier alpha value is -3.46. The highest BCUT2D eigenvalue weighted by molar-refractivity contribution is 7.91. The number of hydrogen-bond acceptors (Lipinski definition) is 10. The SMILES string of the molecule is COC[C@@H]1CC(C)CCC=C[C@@H]2C[C@@]2(C(=O)NS(=O)(=O)C2(C)CC2)NC(=O)[C@@H]2C[C@@H](Oc3ncc(OC)c4ccccc34)CN2C(=O)[C@H]1N.Cl. The lowest BCUT2D eigenvalue weighted by Crippen LogP contribution is -2.58. The van der Waals surface area contributed by atoms with E-state index in [1.54, 1.807) is 27.3 Å². The smallest absolute Gasteiger partial charge is 0.259 e. The van der Waals surface area contributed by atoms with E-state index < -0.39 is 62.1 Å². The summed E-state index contributed by atoms with van der Waals surface area (Å²) in [6, 6.07) is 5.50. The van der Waals surface area contributed by atoms with Crippen molar-refractivity contribution in [2.24, 2.45) is 23.5 Å². The molecule has 1 aromatic carbocycles. The van der Waals surface area contributed by atoms with Gasteiger partial charge >= 0.3 is 0 Å². The number of rotatable bonds is 8. The number of fused-ring (bicyclic) bond motifs is 3. The van der Waals surface area contributed by atoms with Crippen molar-refractivity contribution in [3.8, 4) is 11.6 Å². The lowest BCUT2D eigenvalue weighted by atomic mass is 9.87. The Balaban J connectivity index is 0.00000486. The highest BCUT2D eigenvalue weighted by atomic mass is 35.5. The Morgan fingerprint density at radius 1 is 1.16 bits per heavy atom. The molecule has 2 aliphatic heterocycles. The standard InChI is InChI=1S/C35H47N5O8S.ClH/c1-21-9-5-6-10-23-17-35(23,33(43)39-49(44,45)34(2)13-14-34)38-30(41)27-16-24(19-40(27)32(42)29(36)22(15-21)20-46-3)48-31-26-12-8-7-11-25(26)28(47-4)18-37-31;/h6-8,10-12,18,21-24,27,29H,5,9,13-17,19-20,36H2,1-4H3,(H,38,41)(H,39,43);1H/t21?,22-,23+,24+,27-,29-,35+;/m0./s1. The lowest BCUT2D eigenvalue weighted by Gasteiger charge is -2.31. The number of pyridine rings is 1. The Kier molecular flexibility index (Phi) is 11.1. The van der Waals surface area contributed by atoms with Crippen molar-refractivity contribution in [1.82, 2.24) is 19.9 Å². The third kappa shape index (κ3) is 7.30. The first-order chi connectivity index (χ1) is 23.3. The number of ether oxygens (including phenoxy) is 3. The Labute approximate surface area is 299 Å². The minimum atomic E-state index is -3.95. The molecule has 4 aliphatic rings. The quantitative estimate of drug-likeness (QED) is 0.342. The van der Waals surface area contributed by atoms with Gasteiger partial charge in [-0.2, -0.15) is 0 Å². The molecule has 3 amide bonds. The van der Waals surface area contributed by atoms with Crippen molar-refractivity contribution >= 4 is 50.9 Å². The summed E-state index contributed by atoms with van der Waals surface area (Å²) in [6.07, 6.45) is 8.23. The predicted octanol–water partition coefficient (Wildman–Crippen LogP) is 2.85. The van der Waals surface area contributed by atoms with Crippen LogP contribution in [0.5, 0.6) is 11.6 Å². The highest BCUT2D eigenvalue weighted by Gasteiger charge is 2.63. The van der Waals surface area contributed by atoms with Crippen LogP contribution in [0.15, 0.2) is 42.6 Å². The average Bonchev–Trinajstić information content (AvgIpc) is 3.96. The van der Waals surface area contributed by atoms with E-state index in [9.17, 15) is 22.8 Å². The van der Waals surface area contributed by atoms with Gasteiger partial charge in [-0.25, -0.2) is 13.4 Å². The van der Waals surface area contributed by atoms with Crippen LogP contribution in [0.2, 0.25) is 0 Å². The van der Waals surface area contributed by atoms with Gasteiger partial charge in [0.1, 0.15) is 23.4 Å². The van der Waals surface area contributed by atoms with E-state index in [-0.39, 0.29) is 50.2 Å². The largest absolute Gasteiger partial charge is 0.494 e. The molecule has 7 atom stereocenters. The number of halogens is 1. The first-order valence-electron chi connectivity index (χ1n) is 17.0. The molecule has 6 rings (SSSR count). The lowest BCUT2D eigenvalue weighted by molar-refractivity contribution is -0.141. The number of nitrogens with two attached hydrogens (primary N) is 1. The third-order valence-corrected chi connectivity index (χ3v) is 12.9. The number of methoxy groups -OCH3 is 2. The van der Waals surface area contributed by atoms with Gasteiger partial charge in [-0.3, -0.25) is 19.1 Å². The van der Waals surface area contributed by atoms with Crippen LogP contribution in [-0.2, 0) is 29.1 Å². The predicted molar refractivity (Wildman–Crippen MR) is 189 cm³/mol. The highest BCUT2D eigenvalue weighted by Crippen LogP contribution is 2.47. The van der Waals surface area contributed by atoms with Gasteiger partial charge in [-0.1, -0.05) is 37.3 Å². The summed E-state index contributed by atoms with van der Waals surface area (Å²) in [5.74, 6) is -1.35. The zero-order valence-corrected chi connectivity index (χ0v) is 30.6. The second-order valence-electron chi connectivity index (χ2n) is 14.4. The number of carbonyl (C=O) groups is 3. The fourth-order valence-corrected chi connectivity index (χ4v) is 8.51. The topological polar surface area (TPSA) is 179 Å². The number of nitrogens with one attached hydrogen (secondary N) is 2. The number of carbonyl (C=O) groups excluding carboxylic acids is 3. The Morgan fingerprint density at radius 2 is 1.88 bits per heavy atom. The van der Waals surface area contributed by atoms with Crippen LogP contribution in [0.25, 0.3) is 10.8 Å². The van der Waals surface area contributed by atoms with E-state index in [4.69, 9.17) is 19.9 Å². The minimum Gasteiger partial charge on any atom is -0.494 e. The van der Waals surface area contributed by atoms with Crippen LogP contribution in [0.1, 0.15) is 58.8 Å². The van der Waals surface area contributed by atoms with Gasteiger partial charge in [0.05, 0.1) is 37.2 Å². The molecule has 274 valence electrons. The average molecular weight is 734 g/mol. The fraction of sp³-hybridized carbons (Fsp3) is 0.600.